The van der Waals surface area contributed by atoms with Crippen LogP contribution in [0, 0.1) is 0 Å². The van der Waals surface area contributed by atoms with Crippen LogP contribution in [0.4, 0.5) is 22.0 Å². The van der Waals surface area contributed by atoms with E-state index in [-0.39, 0.29) is 16.0 Å². The van der Waals surface area contributed by atoms with E-state index < -0.39 is 23.6 Å². The van der Waals surface area contributed by atoms with Crippen LogP contribution in [-0.4, -0.2) is 17.9 Å². The van der Waals surface area contributed by atoms with Crippen molar-refractivity contribution in [3.05, 3.63) is 35.0 Å². The first-order valence-electron chi connectivity index (χ1n) is 4.81. The van der Waals surface area contributed by atoms with Gasteiger partial charge in [0, 0.05) is 10.4 Å². The molecule has 0 spiro atoms. The van der Waals surface area contributed by atoms with Gasteiger partial charge in [-0.1, -0.05) is 11.6 Å². The van der Waals surface area contributed by atoms with Gasteiger partial charge in [0.2, 0.25) is 0 Å². The Morgan fingerprint density at radius 1 is 1.11 bits per heavy atom. The second kappa shape index (κ2) is 4.19. The zero-order chi connectivity index (χ0) is 14.4. The van der Waals surface area contributed by atoms with Crippen molar-refractivity contribution in [1.29, 1.82) is 0 Å². The summed E-state index contributed by atoms with van der Waals surface area (Å²) in [6, 6.07) is 4.69. The number of fused-ring (bicyclic) bond motifs is 1. The number of hydrogen-bond donors (Lipinski definition) is 0. The maximum Gasteiger partial charge on any atom is 0.461 e. The van der Waals surface area contributed by atoms with E-state index in [1.807, 2.05) is 0 Å². The minimum atomic E-state index is -5.97. The molecule has 0 aliphatic rings. The fraction of sp³-hybridized carbons (Fsp3) is 0.182. The lowest BCUT2D eigenvalue weighted by atomic mass is 10.1. The van der Waals surface area contributed by atoms with Gasteiger partial charge < -0.3 is 4.42 Å². The number of benzene rings is 1. The lowest BCUT2D eigenvalue weighted by Crippen LogP contribution is -2.43. The molecule has 102 valence electrons. The summed E-state index contributed by atoms with van der Waals surface area (Å²) in [7, 11) is 0. The number of Topliss-reactive ketones (excluding diaryl/α,β-unsaturated/α-hetero) is 1. The lowest BCUT2D eigenvalue weighted by molar-refractivity contribution is -0.256. The molecular weight excluding hydrogens is 295 g/mol. The molecule has 0 saturated heterocycles. The SMILES string of the molecule is O=C(c1cc2cc(Cl)ccc2o1)C(F)(F)C(F)(F)F. The third kappa shape index (κ3) is 2.30. The Hall–Kier alpha value is -1.63. The van der Waals surface area contributed by atoms with E-state index in [2.05, 4.69) is 4.42 Å². The molecule has 2 aromatic rings. The van der Waals surface area contributed by atoms with Crippen molar-refractivity contribution in [3.63, 3.8) is 0 Å². The van der Waals surface area contributed by atoms with Crippen LogP contribution < -0.4 is 0 Å². The average molecular weight is 299 g/mol. The Morgan fingerprint density at radius 2 is 1.74 bits per heavy atom. The molecule has 2 rings (SSSR count). The highest BCUT2D eigenvalue weighted by Gasteiger charge is 2.64. The summed E-state index contributed by atoms with van der Waals surface area (Å²) in [4.78, 5) is 11.2. The maximum atomic E-state index is 12.9. The van der Waals surface area contributed by atoms with Crippen LogP contribution in [0.15, 0.2) is 28.7 Å². The zero-order valence-electron chi connectivity index (χ0n) is 8.89. The smallest absolute Gasteiger partial charge is 0.453 e. The van der Waals surface area contributed by atoms with Crippen molar-refractivity contribution in [1.82, 2.24) is 0 Å². The molecule has 0 N–H and O–H groups in total. The fourth-order valence-corrected chi connectivity index (χ4v) is 1.59. The summed E-state index contributed by atoms with van der Waals surface area (Å²) in [6.45, 7) is 0. The van der Waals surface area contributed by atoms with E-state index in [0.29, 0.717) is 0 Å². The molecule has 0 atom stereocenters. The molecular formula is C11H4ClF5O2. The number of ketones is 1. The van der Waals surface area contributed by atoms with E-state index in [4.69, 9.17) is 11.6 Å². The van der Waals surface area contributed by atoms with Crippen LogP contribution in [0.1, 0.15) is 10.6 Å². The quantitative estimate of drug-likeness (QED) is 0.605. The number of furan rings is 1. The Balaban J connectivity index is 2.48. The second-order valence-corrected chi connectivity index (χ2v) is 4.13. The van der Waals surface area contributed by atoms with Crippen molar-refractivity contribution in [3.8, 4) is 0 Å². The van der Waals surface area contributed by atoms with Crippen LogP contribution >= 0.6 is 11.6 Å². The normalized spacial score (nSPS) is 12.9. The van der Waals surface area contributed by atoms with Gasteiger partial charge in [-0.15, -0.1) is 0 Å². The second-order valence-electron chi connectivity index (χ2n) is 3.69. The number of carbonyl (C=O) groups is 1. The first-order chi connectivity index (χ1) is 8.63. The van der Waals surface area contributed by atoms with Gasteiger partial charge in [0.15, 0.2) is 5.76 Å². The Bertz CT molecular complexity index is 644. The summed E-state index contributed by atoms with van der Waals surface area (Å²) < 4.78 is 66.6. The molecule has 8 heteroatoms. The van der Waals surface area contributed by atoms with E-state index >= 15 is 0 Å². The van der Waals surface area contributed by atoms with Crippen LogP contribution in [0.3, 0.4) is 0 Å². The van der Waals surface area contributed by atoms with Crippen LogP contribution in [0.25, 0.3) is 11.0 Å². The molecule has 0 radical (unpaired) electrons. The molecule has 0 aliphatic carbocycles. The molecule has 0 aliphatic heterocycles. The molecule has 0 saturated carbocycles. The van der Waals surface area contributed by atoms with Gasteiger partial charge in [0.25, 0.3) is 5.78 Å². The van der Waals surface area contributed by atoms with Crippen LogP contribution in [0.2, 0.25) is 5.02 Å². The highest BCUT2D eigenvalue weighted by Crippen LogP contribution is 2.39. The van der Waals surface area contributed by atoms with Crippen LogP contribution in [0.5, 0.6) is 0 Å². The summed E-state index contributed by atoms with van der Waals surface area (Å²) in [5.41, 5.74) is -0.00859. The molecule has 1 heterocycles. The minimum absolute atomic E-state index is 0.00859. The molecule has 0 fully saturated rings. The van der Waals surface area contributed by atoms with Crippen molar-refractivity contribution >= 4 is 28.4 Å². The third-order valence-corrected chi connectivity index (χ3v) is 2.58. The monoisotopic (exact) mass is 298 g/mol. The molecule has 1 aromatic heterocycles. The Morgan fingerprint density at radius 3 is 2.32 bits per heavy atom. The van der Waals surface area contributed by atoms with E-state index in [9.17, 15) is 26.7 Å². The molecule has 2 nitrogen and oxygen atoms in total. The van der Waals surface area contributed by atoms with Gasteiger partial charge in [-0.05, 0) is 24.3 Å². The number of hydrogen-bond acceptors (Lipinski definition) is 2. The largest absolute Gasteiger partial charge is 0.461 e. The van der Waals surface area contributed by atoms with Gasteiger partial charge >= 0.3 is 12.1 Å². The summed E-state index contributed by atoms with van der Waals surface area (Å²) in [6.07, 6.45) is -5.97. The van der Waals surface area contributed by atoms with Crippen molar-refractivity contribution in [2.45, 2.75) is 12.1 Å². The molecule has 19 heavy (non-hydrogen) atoms. The Kier molecular flexibility index (Phi) is 3.04. The molecule has 0 bridgehead atoms. The number of rotatable bonds is 2. The predicted molar refractivity (Wildman–Crippen MR) is 56.6 cm³/mol. The van der Waals surface area contributed by atoms with E-state index in [1.165, 1.54) is 18.2 Å². The van der Waals surface area contributed by atoms with Gasteiger partial charge in [0.1, 0.15) is 5.58 Å². The highest BCUT2D eigenvalue weighted by atomic mass is 35.5. The maximum absolute atomic E-state index is 12.9. The summed E-state index contributed by atoms with van der Waals surface area (Å²) in [5.74, 6) is -9.00. The van der Waals surface area contributed by atoms with Crippen LogP contribution in [-0.2, 0) is 0 Å². The standard InChI is InChI=1S/C11H4ClF5O2/c12-6-1-2-7-5(3-6)4-8(19-7)9(18)10(13,14)11(15,16)17/h1-4H. The lowest BCUT2D eigenvalue weighted by Gasteiger charge is -2.16. The molecule has 0 unspecified atom stereocenters. The molecule has 1 aromatic carbocycles. The highest BCUT2D eigenvalue weighted by molar-refractivity contribution is 6.31. The topological polar surface area (TPSA) is 30.2 Å². The predicted octanol–water partition coefficient (Wildman–Crippen LogP) is 4.47. The van der Waals surface area contributed by atoms with Crippen molar-refractivity contribution in [2.75, 3.05) is 0 Å². The number of halogens is 6. The first-order valence-corrected chi connectivity index (χ1v) is 5.19. The van der Waals surface area contributed by atoms with Gasteiger partial charge in [-0.2, -0.15) is 22.0 Å². The molecule has 0 amide bonds. The van der Waals surface area contributed by atoms with E-state index in [1.54, 1.807) is 0 Å². The van der Waals surface area contributed by atoms with E-state index in [0.717, 1.165) is 6.07 Å². The van der Waals surface area contributed by atoms with Gasteiger partial charge in [0.05, 0.1) is 0 Å². The fourth-order valence-electron chi connectivity index (χ4n) is 1.41. The number of carbonyl (C=O) groups excluding carboxylic acids is 1. The summed E-state index contributed by atoms with van der Waals surface area (Å²) >= 11 is 5.62. The Labute approximate surface area is 107 Å². The first kappa shape index (κ1) is 13.8. The zero-order valence-corrected chi connectivity index (χ0v) is 9.65. The summed E-state index contributed by atoms with van der Waals surface area (Å²) in [5, 5.41) is 0.392. The third-order valence-electron chi connectivity index (χ3n) is 2.34. The minimum Gasteiger partial charge on any atom is -0.453 e. The van der Waals surface area contributed by atoms with Crippen molar-refractivity contribution in [2.24, 2.45) is 0 Å². The number of alkyl halides is 5. The van der Waals surface area contributed by atoms with Gasteiger partial charge in [-0.3, -0.25) is 4.79 Å². The van der Waals surface area contributed by atoms with Gasteiger partial charge in [-0.25, -0.2) is 0 Å². The average Bonchev–Trinajstić information content (AvgIpc) is 2.68. The van der Waals surface area contributed by atoms with Crippen molar-refractivity contribution < 1.29 is 31.2 Å².